The van der Waals surface area contributed by atoms with E-state index in [2.05, 4.69) is 31.2 Å². The van der Waals surface area contributed by atoms with Crippen molar-refractivity contribution >= 4 is 11.6 Å². The van der Waals surface area contributed by atoms with Gasteiger partial charge in [-0.25, -0.2) is 19.9 Å². The Hall–Kier alpha value is -3.20. The first kappa shape index (κ1) is 13.5. The lowest BCUT2D eigenvalue weighted by Crippen LogP contribution is -2.31. The normalized spacial score (nSPS) is 17.1. The highest BCUT2D eigenvalue weighted by Crippen LogP contribution is 2.21. The van der Waals surface area contributed by atoms with E-state index in [0.29, 0.717) is 16.9 Å². The summed E-state index contributed by atoms with van der Waals surface area (Å²) in [5, 5.41) is 7.03. The van der Waals surface area contributed by atoms with Gasteiger partial charge in [0.2, 0.25) is 0 Å². The van der Waals surface area contributed by atoms with Gasteiger partial charge >= 0.3 is 0 Å². The summed E-state index contributed by atoms with van der Waals surface area (Å²) in [7, 11) is 1.90. The summed E-state index contributed by atoms with van der Waals surface area (Å²) in [6, 6.07) is 1.56. The fourth-order valence-corrected chi connectivity index (χ4v) is 2.54. The molecule has 1 aliphatic heterocycles. The van der Waals surface area contributed by atoms with Crippen molar-refractivity contribution in [3.8, 4) is 0 Å². The van der Waals surface area contributed by atoms with Crippen molar-refractivity contribution in [3.63, 3.8) is 0 Å². The Bertz CT molecular complexity index is 908. The summed E-state index contributed by atoms with van der Waals surface area (Å²) in [6.07, 6.45) is 10.1. The standard InChI is InChI=1S/C14H14N8O/c1-21-8-15-7-11(21)12-10(6-17-20-12)19-14(23)9-5-18-22-4-2-3-16-13(9)22/h2-8,12,17,20H,1H3,(H,19,23). The van der Waals surface area contributed by atoms with E-state index in [9.17, 15) is 4.79 Å². The van der Waals surface area contributed by atoms with E-state index in [0.717, 1.165) is 5.69 Å². The van der Waals surface area contributed by atoms with E-state index in [1.165, 1.54) is 6.20 Å². The van der Waals surface area contributed by atoms with Crippen LogP contribution in [0.4, 0.5) is 0 Å². The lowest BCUT2D eigenvalue weighted by molar-refractivity contribution is 0.0965. The number of nitrogens with one attached hydrogen (secondary N) is 3. The highest BCUT2D eigenvalue weighted by Gasteiger charge is 2.26. The lowest BCUT2D eigenvalue weighted by Gasteiger charge is -2.15. The molecular weight excluding hydrogens is 296 g/mol. The zero-order valence-corrected chi connectivity index (χ0v) is 12.3. The Morgan fingerprint density at radius 1 is 1.39 bits per heavy atom. The zero-order valence-electron chi connectivity index (χ0n) is 12.3. The average molecular weight is 310 g/mol. The van der Waals surface area contributed by atoms with Crippen LogP contribution in [0.25, 0.3) is 5.65 Å². The topological polar surface area (TPSA) is 101 Å². The number of hydrazine groups is 1. The Kier molecular flexibility index (Phi) is 3.05. The third-order valence-corrected chi connectivity index (χ3v) is 3.70. The van der Waals surface area contributed by atoms with Crippen LogP contribution < -0.4 is 16.2 Å². The summed E-state index contributed by atoms with van der Waals surface area (Å²) in [5.74, 6) is -0.261. The van der Waals surface area contributed by atoms with Gasteiger partial charge in [0.05, 0.1) is 30.1 Å². The minimum absolute atomic E-state index is 0.193. The highest BCUT2D eigenvalue weighted by molar-refractivity contribution is 6.00. The molecule has 0 bridgehead atoms. The van der Waals surface area contributed by atoms with Gasteiger partial charge in [-0.1, -0.05) is 0 Å². The van der Waals surface area contributed by atoms with Gasteiger partial charge in [0.15, 0.2) is 5.65 Å². The first-order chi connectivity index (χ1) is 11.2. The summed E-state index contributed by atoms with van der Waals surface area (Å²) >= 11 is 0. The smallest absolute Gasteiger partial charge is 0.261 e. The van der Waals surface area contributed by atoms with E-state index in [1.807, 2.05) is 11.6 Å². The maximum absolute atomic E-state index is 12.6. The number of nitrogens with zero attached hydrogens (tertiary/aromatic N) is 5. The molecule has 4 rings (SSSR count). The second-order valence-electron chi connectivity index (χ2n) is 5.15. The van der Waals surface area contributed by atoms with Crippen LogP contribution in [0.2, 0.25) is 0 Å². The third kappa shape index (κ3) is 2.23. The van der Waals surface area contributed by atoms with Crippen molar-refractivity contribution < 1.29 is 4.79 Å². The molecule has 3 aromatic rings. The molecule has 116 valence electrons. The molecule has 1 unspecified atom stereocenters. The number of amides is 1. The summed E-state index contributed by atoms with van der Waals surface area (Å²) in [6.45, 7) is 0. The average Bonchev–Trinajstić information content (AvgIpc) is 3.26. The zero-order chi connectivity index (χ0) is 15.8. The molecule has 9 heteroatoms. The quantitative estimate of drug-likeness (QED) is 0.624. The van der Waals surface area contributed by atoms with Gasteiger partial charge in [-0.3, -0.25) is 4.79 Å². The van der Waals surface area contributed by atoms with Crippen molar-refractivity contribution in [1.82, 2.24) is 40.3 Å². The largest absolute Gasteiger partial charge is 0.336 e. The molecule has 1 amide bonds. The number of hydrogen-bond acceptors (Lipinski definition) is 6. The van der Waals surface area contributed by atoms with Crippen molar-refractivity contribution in [2.24, 2.45) is 7.05 Å². The number of rotatable bonds is 3. The maximum atomic E-state index is 12.6. The molecule has 3 N–H and O–H groups in total. The molecule has 23 heavy (non-hydrogen) atoms. The van der Waals surface area contributed by atoms with E-state index < -0.39 is 0 Å². The van der Waals surface area contributed by atoms with Crippen molar-refractivity contribution in [1.29, 1.82) is 0 Å². The van der Waals surface area contributed by atoms with Crippen LogP contribution in [-0.2, 0) is 7.05 Å². The Morgan fingerprint density at radius 2 is 2.30 bits per heavy atom. The SMILES string of the molecule is Cn1cncc1C1NNC=C1NC(=O)c1cnn2cccnc12. The third-order valence-electron chi connectivity index (χ3n) is 3.70. The van der Waals surface area contributed by atoms with Crippen LogP contribution in [0.15, 0.2) is 49.1 Å². The molecule has 3 aromatic heterocycles. The second kappa shape index (κ2) is 5.21. The number of carbonyl (C=O) groups is 1. The van der Waals surface area contributed by atoms with Crippen LogP contribution in [-0.4, -0.2) is 30.1 Å². The number of imidazole rings is 1. The predicted octanol–water partition coefficient (Wildman–Crippen LogP) is -0.117. The van der Waals surface area contributed by atoms with E-state index in [4.69, 9.17) is 0 Å². The van der Waals surface area contributed by atoms with Crippen LogP contribution in [0.5, 0.6) is 0 Å². The van der Waals surface area contributed by atoms with Gasteiger partial charge in [-0.15, -0.1) is 0 Å². The van der Waals surface area contributed by atoms with Gasteiger partial charge in [0.1, 0.15) is 11.6 Å². The summed E-state index contributed by atoms with van der Waals surface area (Å²) in [4.78, 5) is 20.8. The molecule has 0 fully saturated rings. The van der Waals surface area contributed by atoms with Crippen LogP contribution >= 0.6 is 0 Å². The van der Waals surface area contributed by atoms with Crippen LogP contribution in [0.1, 0.15) is 22.1 Å². The maximum Gasteiger partial charge on any atom is 0.261 e. The van der Waals surface area contributed by atoms with E-state index in [-0.39, 0.29) is 11.9 Å². The number of carbonyl (C=O) groups excluding carboxylic acids is 1. The number of hydrogen-bond donors (Lipinski definition) is 3. The first-order valence-electron chi connectivity index (χ1n) is 7.01. The summed E-state index contributed by atoms with van der Waals surface area (Å²) in [5.41, 5.74) is 8.57. The molecule has 1 aliphatic rings. The number of aromatic nitrogens is 5. The molecule has 0 aliphatic carbocycles. The van der Waals surface area contributed by atoms with Gasteiger partial charge in [-0.2, -0.15) is 5.10 Å². The first-order valence-corrected chi connectivity index (χ1v) is 7.01. The van der Waals surface area contributed by atoms with Gasteiger partial charge < -0.3 is 15.3 Å². The monoisotopic (exact) mass is 310 g/mol. The van der Waals surface area contributed by atoms with Gasteiger partial charge in [-0.05, 0) is 6.07 Å². The number of aryl methyl sites for hydroxylation is 1. The molecule has 1 atom stereocenters. The van der Waals surface area contributed by atoms with Crippen molar-refractivity contribution in [2.75, 3.05) is 0 Å². The fraction of sp³-hybridized carbons (Fsp3) is 0.143. The number of fused-ring (bicyclic) bond motifs is 1. The molecule has 0 spiro atoms. The van der Waals surface area contributed by atoms with Crippen molar-refractivity contribution in [2.45, 2.75) is 6.04 Å². The molecule has 9 nitrogen and oxygen atoms in total. The Balaban J connectivity index is 1.60. The van der Waals surface area contributed by atoms with Crippen LogP contribution in [0.3, 0.4) is 0 Å². The molecular formula is C14H14N8O. The van der Waals surface area contributed by atoms with E-state index in [1.54, 1.807) is 41.7 Å². The Morgan fingerprint density at radius 3 is 3.13 bits per heavy atom. The van der Waals surface area contributed by atoms with Gasteiger partial charge in [0, 0.05) is 25.6 Å². The Labute approximate surface area is 131 Å². The van der Waals surface area contributed by atoms with Crippen LogP contribution in [0, 0.1) is 0 Å². The molecule has 0 saturated carbocycles. The minimum Gasteiger partial charge on any atom is -0.336 e. The second-order valence-corrected chi connectivity index (χ2v) is 5.15. The van der Waals surface area contributed by atoms with E-state index >= 15 is 0 Å². The molecule has 0 aromatic carbocycles. The molecule has 4 heterocycles. The molecule has 0 saturated heterocycles. The lowest BCUT2D eigenvalue weighted by atomic mass is 10.1. The van der Waals surface area contributed by atoms with Crippen molar-refractivity contribution in [3.05, 3.63) is 60.3 Å². The summed E-state index contributed by atoms with van der Waals surface area (Å²) < 4.78 is 3.45. The molecule has 0 radical (unpaired) electrons. The minimum atomic E-state index is -0.261. The highest BCUT2D eigenvalue weighted by atomic mass is 16.1. The predicted molar refractivity (Wildman–Crippen MR) is 80.8 cm³/mol. The fourth-order valence-electron chi connectivity index (χ4n) is 2.54. The van der Waals surface area contributed by atoms with Gasteiger partial charge in [0.25, 0.3) is 5.91 Å².